The Balaban J connectivity index is 0.00000220. The number of hydrogen-bond acceptors (Lipinski definition) is 3. The van der Waals surface area contributed by atoms with Crippen LogP contribution in [0, 0.1) is 11.6 Å². The lowest BCUT2D eigenvalue weighted by Crippen LogP contribution is -2.45. The molecule has 2 N–H and O–H groups in total. The summed E-state index contributed by atoms with van der Waals surface area (Å²) in [7, 11) is 0. The Morgan fingerprint density at radius 3 is 2.45 bits per heavy atom. The van der Waals surface area contributed by atoms with Crippen molar-refractivity contribution in [1.29, 1.82) is 0 Å². The van der Waals surface area contributed by atoms with E-state index >= 15 is 0 Å². The number of phenols is 1. The highest BCUT2D eigenvalue weighted by molar-refractivity contribution is 5.85. The number of rotatable bonds is 4. The fraction of sp³-hybridized carbons (Fsp3) is 0.467. The maximum atomic E-state index is 13.6. The molecular weight excluding hydrogens is 333 g/mol. The molecule has 1 aliphatic rings. The average molecular weight is 355 g/mol. The van der Waals surface area contributed by atoms with Gasteiger partial charge in [0.1, 0.15) is 0 Å². The predicted molar refractivity (Wildman–Crippen MR) is 89.1 cm³/mol. The van der Waals surface area contributed by atoms with Crippen LogP contribution in [-0.4, -0.2) is 36.2 Å². The molecule has 2 rings (SSSR count). The summed E-state index contributed by atoms with van der Waals surface area (Å²) in [6.45, 7) is 9.08. The molecule has 0 bridgehead atoms. The van der Waals surface area contributed by atoms with Crippen molar-refractivity contribution < 1.29 is 13.9 Å². The third-order valence-corrected chi connectivity index (χ3v) is 3.59. The van der Waals surface area contributed by atoms with Crippen LogP contribution in [0.5, 0.6) is 5.75 Å². The van der Waals surface area contributed by atoms with Gasteiger partial charge in [0.25, 0.3) is 0 Å². The first-order chi connectivity index (χ1) is 9.50. The Morgan fingerprint density at radius 2 is 1.91 bits per heavy atom. The molecule has 1 fully saturated rings. The van der Waals surface area contributed by atoms with Crippen LogP contribution in [0.25, 0.3) is 0 Å². The minimum atomic E-state index is -1.18. The van der Waals surface area contributed by atoms with Crippen molar-refractivity contribution in [2.45, 2.75) is 19.4 Å². The van der Waals surface area contributed by atoms with Gasteiger partial charge in [-0.2, -0.15) is 4.39 Å². The molecule has 22 heavy (non-hydrogen) atoms. The zero-order chi connectivity index (χ0) is 14.7. The van der Waals surface area contributed by atoms with Gasteiger partial charge >= 0.3 is 0 Å². The summed E-state index contributed by atoms with van der Waals surface area (Å²) in [5, 5.41) is 13.2. The SMILES string of the molecule is C=C(C)C[C@@H](c1ccc(F)c(F)c1O)N1CCNCC1.Cl.Cl. The normalized spacial score (nSPS) is 16.3. The van der Waals surface area contributed by atoms with Crippen molar-refractivity contribution in [1.82, 2.24) is 10.2 Å². The zero-order valence-electron chi connectivity index (χ0n) is 12.4. The van der Waals surface area contributed by atoms with Gasteiger partial charge in [0.2, 0.25) is 5.82 Å². The van der Waals surface area contributed by atoms with Gasteiger partial charge in [-0.3, -0.25) is 4.90 Å². The molecule has 7 heteroatoms. The average Bonchev–Trinajstić information content (AvgIpc) is 2.44. The lowest BCUT2D eigenvalue weighted by molar-refractivity contribution is 0.169. The maximum absolute atomic E-state index is 13.6. The first-order valence-electron chi connectivity index (χ1n) is 6.76. The van der Waals surface area contributed by atoms with Crippen LogP contribution < -0.4 is 5.32 Å². The van der Waals surface area contributed by atoms with E-state index in [2.05, 4.69) is 16.8 Å². The first kappa shape index (κ1) is 21.1. The first-order valence-corrected chi connectivity index (χ1v) is 6.76. The number of benzene rings is 1. The van der Waals surface area contributed by atoms with E-state index in [0.717, 1.165) is 37.8 Å². The van der Waals surface area contributed by atoms with Gasteiger partial charge in [0.15, 0.2) is 11.6 Å². The summed E-state index contributed by atoms with van der Waals surface area (Å²) in [5.41, 5.74) is 1.37. The molecule has 0 amide bonds. The van der Waals surface area contributed by atoms with Crippen LogP contribution in [0.15, 0.2) is 24.3 Å². The molecule has 1 heterocycles. The molecule has 3 nitrogen and oxygen atoms in total. The second kappa shape index (κ2) is 9.30. The van der Waals surface area contributed by atoms with Gasteiger partial charge in [0, 0.05) is 37.8 Å². The molecule has 126 valence electrons. The fourth-order valence-corrected chi connectivity index (χ4v) is 2.58. The smallest absolute Gasteiger partial charge is 0.200 e. The van der Waals surface area contributed by atoms with E-state index in [9.17, 15) is 13.9 Å². The second-order valence-electron chi connectivity index (χ2n) is 5.26. The minimum absolute atomic E-state index is 0. The second-order valence-corrected chi connectivity index (χ2v) is 5.26. The van der Waals surface area contributed by atoms with Gasteiger partial charge in [-0.15, -0.1) is 31.4 Å². The number of piperazine rings is 1. The van der Waals surface area contributed by atoms with E-state index in [1.807, 2.05) is 6.92 Å². The molecule has 0 saturated carbocycles. The topological polar surface area (TPSA) is 35.5 Å². The molecule has 0 aliphatic carbocycles. The van der Waals surface area contributed by atoms with Crippen molar-refractivity contribution >= 4 is 24.8 Å². The van der Waals surface area contributed by atoms with E-state index in [1.165, 1.54) is 6.07 Å². The maximum Gasteiger partial charge on any atom is 0.200 e. The van der Waals surface area contributed by atoms with Crippen molar-refractivity contribution in [2.24, 2.45) is 0 Å². The number of nitrogens with zero attached hydrogens (tertiary/aromatic N) is 1. The van der Waals surface area contributed by atoms with Crippen LogP contribution in [-0.2, 0) is 0 Å². The number of hydrogen-bond donors (Lipinski definition) is 2. The molecular formula is C15H22Cl2F2N2O. The Kier molecular flexibility index (Phi) is 8.93. The summed E-state index contributed by atoms with van der Waals surface area (Å²) in [6, 6.07) is 2.35. The van der Waals surface area contributed by atoms with Crippen LogP contribution >= 0.6 is 24.8 Å². The zero-order valence-corrected chi connectivity index (χ0v) is 14.1. The van der Waals surface area contributed by atoms with Crippen LogP contribution in [0.2, 0.25) is 0 Å². The van der Waals surface area contributed by atoms with Gasteiger partial charge in [-0.1, -0.05) is 11.6 Å². The lowest BCUT2D eigenvalue weighted by atomic mass is 9.96. The molecule has 0 radical (unpaired) electrons. The molecule has 0 aromatic heterocycles. The summed E-state index contributed by atoms with van der Waals surface area (Å²) >= 11 is 0. The highest BCUT2D eigenvalue weighted by Crippen LogP contribution is 2.35. The van der Waals surface area contributed by atoms with E-state index < -0.39 is 17.4 Å². The number of aromatic hydroxyl groups is 1. The summed E-state index contributed by atoms with van der Waals surface area (Å²) in [6.07, 6.45) is 0.610. The van der Waals surface area contributed by atoms with Crippen molar-refractivity contribution in [3.8, 4) is 5.75 Å². The summed E-state index contributed by atoms with van der Waals surface area (Å²) < 4.78 is 26.7. The van der Waals surface area contributed by atoms with Crippen LogP contribution in [0.4, 0.5) is 8.78 Å². The number of halogens is 4. The quantitative estimate of drug-likeness (QED) is 0.813. The number of phenolic OH excluding ortho intramolecular Hbond substituents is 1. The van der Waals surface area contributed by atoms with Gasteiger partial charge in [-0.05, 0) is 19.4 Å². The third-order valence-electron chi connectivity index (χ3n) is 3.59. The largest absolute Gasteiger partial charge is 0.505 e. The monoisotopic (exact) mass is 354 g/mol. The Morgan fingerprint density at radius 1 is 1.32 bits per heavy atom. The van der Waals surface area contributed by atoms with Gasteiger partial charge in [0.05, 0.1) is 0 Å². The van der Waals surface area contributed by atoms with Crippen LogP contribution in [0.3, 0.4) is 0 Å². The molecule has 1 aromatic carbocycles. The molecule has 1 atom stereocenters. The summed E-state index contributed by atoms with van der Waals surface area (Å²) in [4.78, 5) is 2.16. The fourth-order valence-electron chi connectivity index (χ4n) is 2.58. The van der Waals surface area contributed by atoms with Gasteiger partial charge < -0.3 is 10.4 Å². The summed E-state index contributed by atoms with van der Waals surface area (Å²) in [5.74, 6) is -2.79. The molecule has 1 aromatic rings. The molecule has 0 spiro atoms. The van der Waals surface area contributed by atoms with Crippen LogP contribution in [0.1, 0.15) is 24.9 Å². The lowest BCUT2D eigenvalue weighted by Gasteiger charge is -2.35. The van der Waals surface area contributed by atoms with E-state index in [-0.39, 0.29) is 30.9 Å². The molecule has 1 aliphatic heterocycles. The van der Waals surface area contributed by atoms with E-state index in [1.54, 1.807) is 0 Å². The van der Waals surface area contributed by atoms with E-state index in [4.69, 9.17) is 0 Å². The highest BCUT2D eigenvalue weighted by Gasteiger charge is 2.26. The third kappa shape index (κ3) is 4.81. The van der Waals surface area contributed by atoms with Crippen molar-refractivity contribution in [3.05, 3.63) is 41.5 Å². The predicted octanol–water partition coefficient (Wildman–Crippen LogP) is 3.43. The van der Waals surface area contributed by atoms with Crippen molar-refractivity contribution in [2.75, 3.05) is 26.2 Å². The van der Waals surface area contributed by atoms with Gasteiger partial charge in [-0.25, -0.2) is 4.39 Å². The highest BCUT2D eigenvalue weighted by atomic mass is 35.5. The van der Waals surface area contributed by atoms with E-state index in [0.29, 0.717) is 12.0 Å². The Hall–Kier alpha value is -0.880. The van der Waals surface area contributed by atoms with Crippen molar-refractivity contribution in [3.63, 3.8) is 0 Å². The Labute approximate surface area is 142 Å². The molecule has 0 unspecified atom stereocenters. The molecule has 1 saturated heterocycles. The minimum Gasteiger partial charge on any atom is -0.505 e. The number of nitrogens with one attached hydrogen (secondary N) is 1. The Bertz CT molecular complexity index is 509. The standard InChI is InChI=1S/C15H20F2N2O.2ClH/c1-10(2)9-13(19-7-5-18-6-8-19)11-3-4-12(16)14(17)15(11)20;;/h3-4,13,18,20H,1,5-9H2,2H3;2*1H/t13-;;/m0../s1.